The van der Waals surface area contributed by atoms with Crippen molar-refractivity contribution in [2.45, 2.75) is 32.6 Å². The summed E-state index contributed by atoms with van der Waals surface area (Å²) in [4.78, 5) is 40.2. The van der Waals surface area contributed by atoms with Gasteiger partial charge in [0.25, 0.3) is 11.8 Å². The Hall–Kier alpha value is -3.32. The maximum absolute atomic E-state index is 13.4. The maximum Gasteiger partial charge on any atom is 0.310 e. The Morgan fingerprint density at radius 1 is 1.00 bits per heavy atom. The van der Waals surface area contributed by atoms with Gasteiger partial charge in [-0.25, -0.2) is 0 Å². The fourth-order valence-electron chi connectivity index (χ4n) is 4.37. The van der Waals surface area contributed by atoms with E-state index in [-0.39, 0.29) is 24.8 Å². The molecular weight excluding hydrogens is 456 g/mol. The number of carbonyl (C=O) groups is 3. The first-order valence-corrected chi connectivity index (χ1v) is 11.7. The molecule has 8 heteroatoms. The van der Waals surface area contributed by atoms with Crippen molar-refractivity contribution in [1.29, 1.82) is 0 Å². The Labute approximate surface area is 203 Å². The Kier molecular flexibility index (Phi) is 7.22. The van der Waals surface area contributed by atoms with Crippen molar-refractivity contribution in [3.8, 4) is 5.75 Å². The number of esters is 1. The van der Waals surface area contributed by atoms with Gasteiger partial charge in [-0.15, -0.1) is 0 Å². The molecule has 4 rings (SSSR count). The zero-order valence-corrected chi connectivity index (χ0v) is 20.1. The number of hydrogen-bond donors (Lipinski definition) is 0. The van der Waals surface area contributed by atoms with Crippen LogP contribution in [0.4, 0.5) is 0 Å². The Morgan fingerprint density at radius 3 is 2.38 bits per heavy atom. The molecule has 7 nitrogen and oxygen atoms in total. The van der Waals surface area contributed by atoms with Gasteiger partial charge in [0, 0.05) is 34.8 Å². The van der Waals surface area contributed by atoms with Gasteiger partial charge in [-0.3, -0.25) is 19.0 Å². The first-order chi connectivity index (χ1) is 16.4. The van der Waals surface area contributed by atoms with Crippen molar-refractivity contribution in [2.24, 2.45) is 0 Å². The molecule has 2 aromatic carbocycles. The summed E-state index contributed by atoms with van der Waals surface area (Å²) >= 11 is 5.97. The average molecular weight is 483 g/mol. The van der Waals surface area contributed by atoms with Crippen LogP contribution >= 0.6 is 11.6 Å². The van der Waals surface area contributed by atoms with Gasteiger partial charge >= 0.3 is 5.97 Å². The third-order valence-corrected chi connectivity index (χ3v) is 6.47. The monoisotopic (exact) mass is 482 g/mol. The van der Waals surface area contributed by atoms with Crippen LogP contribution in [0, 0.1) is 6.92 Å². The highest BCUT2D eigenvalue weighted by molar-refractivity contribution is 6.30. The number of benzene rings is 2. The predicted molar refractivity (Wildman–Crippen MR) is 130 cm³/mol. The van der Waals surface area contributed by atoms with Crippen molar-refractivity contribution in [2.75, 3.05) is 26.8 Å². The highest BCUT2D eigenvalue weighted by Gasteiger charge is 2.23. The van der Waals surface area contributed by atoms with Crippen molar-refractivity contribution in [3.05, 3.63) is 64.3 Å². The molecule has 178 valence electrons. The van der Waals surface area contributed by atoms with Crippen LogP contribution in [0.15, 0.2) is 42.5 Å². The van der Waals surface area contributed by atoms with Crippen molar-refractivity contribution < 1.29 is 23.9 Å². The first-order valence-electron chi connectivity index (χ1n) is 11.3. The van der Waals surface area contributed by atoms with Gasteiger partial charge in [-0.2, -0.15) is 0 Å². The first kappa shape index (κ1) is 23.8. The molecule has 0 radical (unpaired) electrons. The van der Waals surface area contributed by atoms with E-state index in [0.717, 1.165) is 24.6 Å². The number of fused-ring (bicyclic) bond motifs is 1. The van der Waals surface area contributed by atoms with Gasteiger partial charge in [0.1, 0.15) is 5.75 Å². The SMILES string of the molecule is COc1ccc2c(c1)c(CC(=O)OCC(=O)N1CCCCC1)c(C)n2C(=O)c1ccc(Cl)cc1. The number of rotatable bonds is 6. The molecule has 0 atom stereocenters. The van der Waals surface area contributed by atoms with Gasteiger partial charge < -0.3 is 14.4 Å². The summed E-state index contributed by atoms with van der Waals surface area (Å²) in [7, 11) is 1.56. The molecule has 0 unspecified atom stereocenters. The highest BCUT2D eigenvalue weighted by Crippen LogP contribution is 2.31. The second-order valence-electron chi connectivity index (χ2n) is 8.37. The zero-order chi connectivity index (χ0) is 24.2. The third-order valence-electron chi connectivity index (χ3n) is 6.22. The molecule has 2 heterocycles. The number of aromatic nitrogens is 1. The second kappa shape index (κ2) is 10.3. The van der Waals surface area contributed by atoms with Gasteiger partial charge in [0.2, 0.25) is 0 Å². The van der Waals surface area contributed by atoms with Crippen LogP contribution in [-0.2, 0) is 20.7 Å². The van der Waals surface area contributed by atoms with E-state index in [2.05, 4.69) is 0 Å². The van der Waals surface area contributed by atoms with Crippen LogP contribution in [0.2, 0.25) is 5.02 Å². The molecule has 3 aromatic rings. The second-order valence-corrected chi connectivity index (χ2v) is 8.81. The number of amides is 1. The summed E-state index contributed by atoms with van der Waals surface area (Å²) in [5.74, 6) is -0.316. The van der Waals surface area contributed by atoms with Crippen LogP contribution < -0.4 is 4.74 Å². The van der Waals surface area contributed by atoms with Gasteiger partial charge in [-0.1, -0.05) is 11.6 Å². The number of methoxy groups -OCH3 is 1. The molecule has 0 bridgehead atoms. The minimum absolute atomic E-state index is 0.0658. The molecule has 1 aliphatic rings. The van der Waals surface area contributed by atoms with Crippen molar-refractivity contribution in [3.63, 3.8) is 0 Å². The molecule has 0 saturated carbocycles. The molecule has 1 fully saturated rings. The van der Waals surface area contributed by atoms with E-state index < -0.39 is 5.97 Å². The highest BCUT2D eigenvalue weighted by atomic mass is 35.5. The van der Waals surface area contributed by atoms with E-state index >= 15 is 0 Å². The van der Waals surface area contributed by atoms with Crippen LogP contribution in [0.25, 0.3) is 10.9 Å². The largest absolute Gasteiger partial charge is 0.497 e. The summed E-state index contributed by atoms with van der Waals surface area (Å²) in [6.07, 6.45) is 3.00. The van der Waals surface area contributed by atoms with E-state index in [1.54, 1.807) is 66.0 Å². The van der Waals surface area contributed by atoms with Gasteiger partial charge in [0.05, 0.1) is 19.0 Å². The Bertz CT molecular complexity index is 1230. The van der Waals surface area contributed by atoms with Crippen LogP contribution in [0.1, 0.15) is 40.9 Å². The van der Waals surface area contributed by atoms with Gasteiger partial charge in [0.15, 0.2) is 6.61 Å². The van der Waals surface area contributed by atoms with E-state index in [4.69, 9.17) is 21.1 Å². The predicted octanol–water partition coefficient (Wildman–Crippen LogP) is 4.40. The number of hydrogen-bond acceptors (Lipinski definition) is 5. The van der Waals surface area contributed by atoms with Crippen molar-refractivity contribution in [1.82, 2.24) is 9.47 Å². The number of carbonyl (C=O) groups excluding carboxylic acids is 3. The number of piperidine rings is 1. The van der Waals surface area contributed by atoms with E-state index in [9.17, 15) is 14.4 Å². The molecule has 0 N–H and O–H groups in total. The van der Waals surface area contributed by atoms with E-state index in [1.165, 1.54) is 0 Å². The lowest BCUT2D eigenvalue weighted by Crippen LogP contribution is -2.38. The molecule has 0 spiro atoms. The third kappa shape index (κ3) is 4.94. The van der Waals surface area contributed by atoms with E-state index in [1.807, 2.05) is 0 Å². The Morgan fingerprint density at radius 2 is 1.71 bits per heavy atom. The van der Waals surface area contributed by atoms with Crippen molar-refractivity contribution >= 4 is 40.3 Å². The maximum atomic E-state index is 13.4. The molecule has 1 amide bonds. The summed E-state index contributed by atoms with van der Waals surface area (Å²) in [5, 5.41) is 1.26. The number of nitrogens with zero attached hydrogens (tertiary/aromatic N) is 2. The molecule has 0 aliphatic carbocycles. The standard InChI is InChI=1S/C26H27ClN2O5/c1-17-21(15-25(31)34-16-24(30)28-12-4-3-5-13-28)22-14-20(33-2)10-11-23(22)29(17)26(32)18-6-8-19(27)9-7-18/h6-11,14H,3-5,12-13,15-16H2,1-2H3. The molecule has 1 saturated heterocycles. The lowest BCUT2D eigenvalue weighted by atomic mass is 10.1. The van der Waals surface area contributed by atoms with Crippen LogP contribution in [0.3, 0.4) is 0 Å². The normalized spacial score (nSPS) is 13.7. The number of likely N-dealkylation sites (tertiary alicyclic amines) is 1. The minimum Gasteiger partial charge on any atom is -0.497 e. The lowest BCUT2D eigenvalue weighted by Gasteiger charge is -2.26. The molecule has 1 aromatic heterocycles. The van der Waals surface area contributed by atoms with E-state index in [0.29, 0.717) is 46.2 Å². The van der Waals surface area contributed by atoms with Gasteiger partial charge in [-0.05, 0) is 74.2 Å². The number of ether oxygens (including phenoxy) is 2. The molecule has 1 aliphatic heterocycles. The lowest BCUT2D eigenvalue weighted by molar-refractivity contribution is -0.151. The quantitative estimate of drug-likeness (QED) is 0.487. The minimum atomic E-state index is -0.519. The topological polar surface area (TPSA) is 77.8 Å². The molecular formula is C26H27ClN2O5. The summed E-state index contributed by atoms with van der Waals surface area (Å²) in [6.45, 7) is 2.93. The van der Waals surface area contributed by atoms with Crippen LogP contribution in [0.5, 0.6) is 5.75 Å². The molecule has 34 heavy (non-hydrogen) atoms. The smallest absolute Gasteiger partial charge is 0.310 e. The average Bonchev–Trinajstić information content (AvgIpc) is 3.13. The Balaban J connectivity index is 1.60. The fraction of sp³-hybridized carbons (Fsp3) is 0.346. The van der Waals surface area contributed by atoms with Crippen LogP contribution in [-0.4, -0.2) is 54.1 Å². The summed E-state index contributed by atoms with van der Waals surface area (Å²) in [6, 6.07) is 12.0. The summed E-state index contributed by atoms with van der Waals surface area (Å²) in [5.41, 5.74) is 2.42. The zero-order valence-electron chi connectivity index (χ0n) is 19.3. The number of halogens is 1. The fourth-order valence-corrected chi connectivity index (χ4v) is 4.49. The summed E-state index contributed by atoms with van der Waals surface area (Å²) < 4.78 is 12.3.